The van der Waals surface area contributed by atoms with Gasteiger partial charge in [-0.15, -0.1) is 0 Å². The molecule has 1 aromatic rings. The average Bonchev–Trinajstić information content (AvgIpc) is 2.03. The van der Waals surface area contributed by atoms with Gasteiger partial charge in [0.1, 0.15) is 0 Å². The van der Waals surface area contributed by atoms with Gasteiger partial charge in [0.15, 0.2) is 0 Å². The van der Waals surface area contributed by atoms with Gasteiger partial charge < -0.3 is 4.74 Å². The maximum absolute atomic E-state index is 7.54. The molecular weight excluding hydrogens is 186 g/mol. The van der Waals surface area contributed by atoms with Gasteiger partial charge in [-0.25, -0.2) is 0 Å². The monoisotopic (exact) mass is 197 g/mol. The number of hydrogen-bond donors (Lipinski definition) is 1. The summed E-state index contributed by atoms with van der Waals surface area (Å²) in [5.41, 5.74) is 1.76. The van der Waals surface area contributed by atoms with Crippen LogP contribution in [0.5, 0.6) is 0 Å². The summed E-state index contributed by atoms with van der Waals surface area (Å²) in [6.07, 6.45) is 0. The van der Waals surface area contributed by atoms with Crippen LogP contribution in [-0.2, 0) is 4.74 Å². The van der Waals surface area contributed by atoms with E-state index in [1.54, 1.807) is 6.07 Å². The Bertz CT molecular complexity index is 302. The molecule has 70 valence electrons. The van der Waals surface area contributed by atoms with E-state index in [-0.39, 0.29) is 5.90 Å². The fourth-order valence-corrected chi connectivity index (χ4v) is 1.38. The van der Waals surface area contributed by atoms with Gasteiger partial charge in [0, 0.05) is 10.6 Å². The van der Waals surface area contributed by atoms with Crippen molar-refractivity contribution in [3.63, 3.8) is 0 Å². The van der Waals surface area contributed by atoms with Gasteiger partial charge >= 0.3 is 0 Å². The van der Waals surface area contributed by atoms with E-state index < -0.39 is 0 Å². The minimum absolute atomic E-state index is 0.174. The van der Waals surface area contributed by atoms with E-state index in [9.17, 15) is 0 Å². The molecule has 0 radical (unpaired) electrons. The maximum Gasteiger partial charge on any atom is 0.213 e. The Labute approximate surface area is 83.0 Å². The first kappa shape index (κ1) is 10.1. The molecule has 0 aliphatic carbocycles. The molecule has 2 nitrogen and oxygen atoms in total. The molecular formula is C10H12ClNO. The summed E-state index contributed by atoms with van der Waals surface area (Å²) in [5.74, 6) is 0.174. The summed E-state index contributed by atoms with van der Waals surface area (Å²) in [4.78, 5) is 0. The minimum Gasteiger partial charge on any atom is -0.478 e. The molecule has 0 heterocycles. The molecule has 1 N–H and O–H groups in total. The molecule has 0 saturated heterocycles. The Kier molecular flexibility index (Phi) is 3.32. The Morgan fingerprint density at radius 2 is 2.15 bits per heavy atom. The van der Waals surface area contributed by atoms with Crippen LogP contribution in [0, 0.1) is 12.3 Å². The van der Waals surface area contributed by atoms with E-state index in [0.29, 0.717) is 11.6 Å². The highest BCUT2D eigenvalue weighted by Crippen LogP contribution is 2.15. The normalized spacial score (nSPS) is 9.77. The first-order valence-corrected chi connectivity index (χ1v) is 4.50. The predicted molar refractivity (Wildman–Crippen MR) is 54.6 cm³/mol. The molecule has 1 aromatic carbocycles. The molecule has 0 unspecified atom stereocenters. The predicted octanol–water partition coefficient (Wildman–Crippen LogP) is 3.01. The van der Waals surface area contributed by atoms with E-state index in [0.717, 1.165) is 11.1 Å². The quantitative estimate of drug-likeness (QED) is 0.574. The molecule has 0 spiro atoms. The smallest absolute Gasteiger partial charge is 0.213 e. The molecule has 0 bridgehead atoms. The molecule has 0 fully saturated rings. The molecule has 3 heteroatoms. The number of ether oxygens (including phenoxy) is 1. The number of rotatable bonds is 2. The van der Waals surface area contributed by atoms with Crippen LogP contribution >= 0.6 is 11.6 Å². The second-order valence-electron chi connectivity index (χ2n) is 2.78. The number of nitrogens with one attached hydrogen (secondary N) is 1. The third-order valence-corrected chi connectivity index (χ3v) is 1.81. The Morgan fingerprint density at radius 3 is 2.69 bits per heavy atom. The Hall–Kier alpha value is -1.02. The summed E-state index contributed by atoms with van der Waals surface area (Å²) in [7, 11) is 0. The largest absolute Gasteiger partial charge is 0.478 e. The van der Waals surface area contributed by atoms with Crippen molar-refractivity contribution in [2.75, 3.05) is 6.61 Å². The van der Waals surface area contributed by atoms with Crippen LogP contribution in [0.1, 0.15) is 18.1 Å². The first-order valence-electron chi connectivity index (χ1n) is 4.12. The zero-order valence-electron chi connectivity index (χ0n) is 7.73. The third kappa shape index (κ3) is 2.74. The molecule has 0 aromatic heterocycles. The van der Waals surface area contributed by atoms with Gasteiger partial charge in [0.2, 0.25) is 5.90 Å². The summed E-state index contributed by atoms with van der Waals surface area (Å²) in [6, 6.07) is 5.46. The molecule has 0 saturated carbocycles. The van der Waals surface area contributed by atoms with Crippen LogP contribution in [0.2, 0.25) is 5.02 Å². The van der Waals surface area contributed by atoms with Crippen LogP contribution in [0.15, 0.2) is 18.2 Å². The van der Waals surface area contributed by atoms with Crippen LogP contribution in [0.3, 0.4) is 0 Å². The third-order valence-electron chi connectivity index (χ3n) is 1.59. The van der Waals surface area contributed by atoms with E-state index in [1.165, 1.54) is 0 Å². The van der Waals surface area contributed by atoms with Crippen molar-refractivity contribution in [3.8, 4) is 0 Å². The second kappa shape index (κ2) is 4.28. The van der Waals surface area contributed by atoms with Crippen molar-refractivity contribution in [3.05, 3.63) is 34.3 Å². The highest BCUT2D eigenvalue weighted by Gasteiger charge is 2.03. The lowest BCUT2D eigenvalue weighted by Crippen LogP contribution is -2.04. The Balaban J connectivity index is 2.94. The van der Waals surface area contributed by atoms with Gasteiger partial charge in [-0.1, -0.05) is 11.6 Å². The fourth-order valence-electron chi connectivity index (χ4n) is 1.10. The number of benzene rings is 1. The summed E-state index contributed by atoms with van der Waals surface area (Å²) in [5, 5.41) is 8.18. The van der Waals surface area contributed by atoms with E-state index in [1.807, 2.05) is 26.0 Å². The van der Waals surface area contributed by atoms with Gasteiger partial charge in [-0.05, 0) is 37.6 Å². The minimum atomic E-state index is 0.174. The maximum atomic E-state index is 7.54. The van der Waals surface area contributed by atoms with E-state index >= 15 is 0 Å². The second-order valence-corrected chi connectivity index (χ2v) is 3.22. The van der Waals surface area contributed by atoms with Crippen molar-refractivity contribution in [1.29, 1.82) is 5.41 Å². The van der Waals surface area contributed by atoms with E-state index in [4.69, 9.17) is 21.7 Å². The van der Waals surface area contributed by atoms with E-state index in [2.05, 4.69) is 0 Å². The van der Waals surface area contributed by atoms with Crippen molar-refractivity contribution in [1.82, 2.24) is 0 Å². The lowest BCUT2D eigenvalue weighted by molar-refractivity contribution is 0.325. The van der Waals surface area contributed by atoms with Crippen LogP contribution < -0.4 is 0 Å². The van der Waals surface area contributed by atoms with Gasteiger partial charge in [0.05, 0.1) is 6.61 Å². The number of aryl methyl sites for hydroxylation is 1. The summed E-state index contributed by atoms with van der Waals surface area (Å²) >= 11 is 5.84. The summed E-state index contributed by atoms with van der Waals surface area (Å²) < 4.78 is 5.06. The molecule has 1 rings (SSSR count). The molecule has 0 amide bonds. The van der Waals surface area contributed by atoms with Gasteiger partial charge in [-0.2, -0.15) is 0 Å². The van der Waals surface area contributed by atoms with Crippen molar-refractivity contribution in [2.24, 2.45) is 0 Å². The summed E-state index contributed by atoms with van der Waals surface area (Å²) in [6.45, 7) is 4.30. The van der Waals surface area contributed by atoms with Gasteiger partial charge in [0.25, 0.3) is 0 Å². The van der Waals surface area contributed by atoms with Crippen LogP contribution in [0.4, 0.5) is 0 Å². The fraction of sp³-hybridized carbons (Fsp3) is 0.300. The van der Waals surface area contributed by atoms with Crippen LogP contribution in [-0.4, -0.2) is 12.5 Å². The van der Waals surface area contributed by atoms with Crippen LogP contribution in [0.25, 0.3) is 0 Å². The van der Waals surface area contributed by atoms with Crippen molar-refractivity contribution >= 4 is 17.5 Å². The zero-order valence-corrected chi connectivity index (χ0v) is 8.48. The first-order chi connectivity index (χ1) is 6.13. The highest BCUT2D eigenvalue weighted by atomic mass is 35.5. The zero-order chi connectivity index (χ0) is 9.84. The van der Waals surface area contributed by atoms with Crippen molar-refractivity contribution in [2.45, 2.75) is 13.8 Å². The average molecular weight is 198 g/mol. The molecule has 0 aliphatic rings. The van der Waals surface area contributed by atoms with Gasteiger partial charge in [-0.3, -0.25) is 5.41 Å². The topological polar surface area (TPSA) is 33.1 Å². The standard InChI is InChI=1S/C10H12ClNO/c1-3-13-10(12)8-4-7(2)5-9(11)6-8/h4-6,12H,3H2,1-2H3. The highest BCUT2D eigenvalue weighted by molar-refractivity contribution is 6.31. The lowest BCUT2D eigenvalue weighted by atomic mass is 10.1. The number of hydrogen-bond acceptors (Lipinski definition) is 2. The Morgan fingerprint density at radius 1 is 1.46 bits per heavy atom. The molecule has 0 aliphatic heterocycles. The lowest BCUT2D eigenvalue weighted by Gasteiger charge is -2.05. The molecule has 13 heavy (non-hydrogen) atoms. The van der Waals surface area contributed by atoms with Crippen molar-refractivity contribution < 1.29 is 4.74 Å². The number of halogens is 1. The molecule has 0 atom stereocenters. The SMILES string of the molecule is CCOC(=N)c1cc(C)cc(Cl)c1.